The highest BCUT2D eigenvalue weighted by molar-refractivity contribution is 7.17. The molecule has 0 amide bonds. The molecule has 4 rings (SSSR count). The maximum atomic E-state index is 13.0. The lowest BCUT2D eigenvalue weighted by Gasteiger charge is -2.14. The van der Waals surface area contributed by atoms with Crippen LogP contribution in [-0.4, -0.2) is 27.4 Å². The van der Waals surface area contributed by atoms with E-state index >= 15 is 0 Å². The number of aromatic nitrogens is 2. The molecule has 0 fully saturated rings. The first-order chi connectivity index (χ1) is 13.6. The van der Waals surface area contributed by atoms with Gasteiger partial charge in [-0.3, -0.25) is 9.36 Å². The van der Waals surface area contributed by atoms with Crippen molar-refractivity contribution in [2.75, 3.05) is 6.61 Å². The number of aliphatic hydroxyl groups excluding tert-OH is 1. The highest BCUT2D eigenvalue weighted by Crippen LogP contribution is 2.30. The van der Waals surface area contributed by atoms with Crippen molar-refractivity contribution < 1.29 is 9.84 Å². The molecule has 1 atom stereocenters. The first-order valence-corrected chi connectivity index (χ1v) is 9.96. The molecule has 0 aliphatic rings. The average Bonchev–Trinajstić information content (AvgIpc) is 3.15. The van der Waals surface area contributed by atoms with Gasteiger partial charge in [-0.05, 0) is 29.8 Å². The fourth-order valence-corrected chi connectivity index (χ4v) is 3.96. The van der Waals surface area contributed by atoms with Gasteiger partial charge in [0, 0.05) is 16.0 Å². The summed E-state index contributed by atoms with van der Waals surface area (Å²) in [6.07, 6.45) is 0.619. The number of benzene rings is 2. The maximum Gasteiger partial charge on any atom is 0.262 e. The Labute approximate surface area is 170 Å². The number of aliphatic hydroxyl groups is 1. The molecule has 7 heteroatoms. The molecule has 0 bridgehead atoms. The lowest BCUT2D eigenvalue weighted by Crippen LogP contribution is -2.30. The summed E-state index contributed by atoms with van der Waals surface area (Å²) in [6, 6.07) is 16.6. The van der Waals surface area contributed by atoms with Gasteiger partial charge in [0.15, 0.2) is 0 Å². The van der Waals surface area contributed by atoms with Gasteiger partial charge < -0.3 is 9.84 Å². The molecule has 0 aliphatic carbocycles. The lowest BCUT2D eigenvalue weighted by atomic mass is 10.1. The van der Waals surface area contributed by atoms with E-state index in [0.29, 0.717) is 21.0 Å². The van der Waals surface area contributed by atoms with Crippen LogP contribution in [0.3, 0.4) is 0 Å². The largest absolute Gasteiger partial charge is 0.491 e. The third-order valence-electron chi connectivity index (χ3n) is 4.31. The Kier molecular flexibility index (Phi) is 5.43. The molecule has 0 unspecified atom stereocenters. The molecule has 2 aromatic carbocycles. The zero-order chi connectivity index (χ0) is 19.5. The van der Waals surface area contributed by atoms with E-state index < -0.39 is 6.10 Å². The predicted octanol–water partition coefficient (Wildman–Crippen LogP) is 4.22. The molecule has 0 spiro atoms. The quantitative estimate of drug-likeness (QED) is 0.515. The monoisotopic (exact) mass is 412 g/mol. The SMILES string of the molecule is O=c1c2c(-c3ccccc3)csc2ncn1C[C@@H](O)COc1ccc(Cl)cc1. The van der Waals surface area contributed by atoms with Crippen molar-refractivity contribution in [2.45, 2.75) is 12.6 Å². The van der Waals surface area contributed by atoms with Gasteiger partial charge in [-0.25, -0.2) is 4.98 Å². The molecular formula is C21H17ClN2O3S. The summed E-state index contributed by atoms with van der Waals surface area (Å²) in [5.74, 6) is 0.605. The van der Waals surface area contributed by atoms with Crippen LogP contribution >= 0.6 is 22.9 Å². The van der Waals surface area contributed by atoms with Crippen LogP contribution in [0.4, 0.5) is 0 Å². The van der Waals surface area contributed by atoms with Crippen molar-refractivity contribution >= 4 is 33.2 Å². The van der Waals surface area contributed by atoms with Gasteiger partial charge in [-0.15, -0.1) is 11.3 Å². The molecule has 0 aliphatic heterocycles. The van der Waals surface area contributed by atoms with Crippen molar-refractivity contribution in [2.24, 2.45) is 0 Å². The number of hydrogen-bond acceptors (Lipinski definition) is 5. The molecule has 28 heavy (non-hydrogen) atoms. The fourth-order valence-electron chi connectivity index (χ4n) is 2.93. The van der Waals surface area contributed by atoms with E-state index in [1.54, 1.807) is 24.3 Å². The van der Waals surface area contributed by atoms with E-state index in [0.717, 1.165) is 11.1 Å². The molecule has 2 aromatic heterocycles. The summed E-state index contributed by atoms with van der Waals surface area (Å²) in [5.41, 5.74) is 1.66. The Morgan fingerprint density at radius 1 is 1.14 bits per heavy atom. The van der Waals surface area contributed by atoms with Gasteiger partial charge >= 0.3 is 0 Å². The standard InChI is InChI=1S/C21H17ClN2O3S/c22-15-6-8-17(9-7-15)27-11-16(25)10-24-13-23-20-19(21(24)26)18(12-28-20)14-4-2-1-3-5-14/h1-9,12-13,16,25H,10-11H2/t16-/m1/s1. The Morgan fingerprint density at radius 3 is 2.64 bits per heavy atom. The first-order valence-electron chi connectivity index (χ1n) is 8.70. The van der Waals surface area contributed by atoms with Gasteiger partial charge in [0.25, 0.3) is 5.56 Å². The fraction of sp³-hybridized carbons (Fsp3) is 0.143. The zero-order valence-corrected chi connectivity index (χ0v) is 16.4. The smallest absolute Gasteiger partial charge is 0.262 e. The van der Waals surface area contributed by atoms with Crippen LogP contribution in [0, 0.1) is 0 Å². The number of nitrogens with zero attached hydrogens (tertiary/aromatic N) is 2. The van der Waals surface area contributed by atoms with E-state index in [1.807, 2.05) is 35.7 Å². The number of thiophene rings is 1. The molecule has 5 nitrogen and oxygen atoms in total. The van der Waals surface area contributed by atoms with Crippen molar-refractivity contribution in [3.8, 4) is 16.9 Å². The summed E-state index contributed by atoms with van der Waals surface area (Å²) in [5, 5.41) is 13.4. The van der Waals surface area contributed by atoms with Crippen LogP contribution in [-0.2, 0) is 6.54 Å². The molecule has 0 saturated carbocycles. The number of rotatable bonds is 6. The second kappa shape index (κ2) is 8.14. The highest BCUT2D eigenvalue weighted by atomic mass is 35.5. The molecule has 0 radical (unpaired) electrons. The Balaban J connectivity index is 1.54. The maximum absolute atomic E-state index is 13.0. The zero-order valence-electron chi connectivity index (χ0n) is 14.8. The van der Waals surface area contributed by atoms with Crippen LogP contribution in [0.2, 0.25) is 5.02 Å². The summed E-state index contributed by atoms with van der Waals surface area (Å²) in [6.45, 7) is 0.154. The van der Waals surface area contributed by atoms with Crippen LogP contribution in [0.15, 0.2) is 71.1 Å². The highest BCUT2D eigenvalue weighted by Gasteiger charge is 2.15. The van der Waals surface area contributed by atoms with Gasteiger partial charge in [-0.2, -0.15) is 0 Å². The normalized spacial score (nSPS) is 12.2. The number of ether oxygens (including phenoxy) is 1. The first kappa shape index (κ1) is 18.7. The number of fused-ring (bicyclic) bond motifs is 1. The van der Waals surface area contributed by atoms with Crippen LogP contribution in [0.25, 0.3) is 21.3 Å². The van der Waals surface area contributed by atoms with E-state index in [-0.39, 0.29) is 18.7 Å². The molecule has 142 valence electrons. The van der Waals surface area contributed by atoms with Gasteiger partial charge in [0.05, 0.1) is 18.3 Å². The minimum absolute atomic E-state index is 0.0568. The van der Waals surface area contributed by atoms with Crippen LogP contribution < -0.4 is 10.3 Å². The van der Waals surface area contributed by atoms with E-state index in [9.17, 15) is 9.90 Å². The second-order valence-corrected chi connectivity index (χ2v) is 7.61. The second-order valence-electron chi connectivity index (χ2n) is 6.32. The van der Waals surface area contributed by atoms with Crippen molar-refractivity contribution in [1.29, 1.82) is 0 Å². The number of halogens is 1. The lowest BCUT2D eigenvalue weighted by molar-refractivity contribution is 0.0915. The summed E-state index contributed by atoms with van der Waals surface area (Å²) in [7, 11) is 0. The molecule has 2 heterocycles. The minimum Gasteiger partial charge on any atom is -0.491 e. The van der Waals surface area contributed by atoms with Gasteiger partial charge in [0.2, 0.25) is 0 Å². The third kappa shape index (κ3) is 3.94. The Bertz CT molecular complexity index is 1140. The van der Waals surface area contributed by atoms with Crippen LogP contribution in [0.1, 0.15) is 0 Å². The third-order valence-corrected chi connectivity index (χ3v) is 5.45. The average molecular weight is 413 g/mol. The summed E-state index contributed by atoms with van der Waals surface area (Å²) >= 11 is 7.28. The Morgan fingerprint density at radius 2 is 1.89 bits per heavy atom. The van der Waals surface area contributed by atoms with E-state index in [1.165, 1.54) is 22.2 Å². The van der Waals surface area contributed by atoms with E-state index in [2.05, 4.69) is 4.98 Å². The summed E-state index contributed by atoms with van der Waals surface area (Å²) < 4.78 is 6.99. The molecular weight excluding hydrogens is 396 g/mol. The Hall–Kier alpha value is -2.67. The molecule has 4 aromatic rings. The van der Waals surface area contributed by atoms with Gasteiger partial charge in [-0.1, -0.05) is 41.9 Å². The topological polar surface area (TPSA) is 64.4 Å². The predicted molar refractivity (Wildman–Crippen MR) is 112 cm³/mol. The van der Waals surface area contributed by atoms with E-state index in [4.69, 9.17) is 16.3 Å². The van der Waals surface area contributed by atoms with Gasteiger partial charge in [0.1, 0.15) is 23.3 Å². The number of hydrogen-bond donors (Lipinski definition) is 1. The van der Waals surface area contributed by atoms with Crippen molar-refractivity contribution in [3.63, 3.8) is 0 Å². The van der Waals surface area contributed by atoms with Crippen LogP contribution in [0.5, 0.6) is 5.75 Å². The van der Waals surface area contributed by atoms with Crippen molar-refractivity contribution in [1.82, 2.24) is 9.55 Å². The molecule has 0 saturated heterocycles. The molecule has 1 N–H and O–H groups in total. The summed E-state index contributed by atoms with van der Waals surface area (Å²) in [4.78, 5) is 18.1. The van der Waals surface area contributed by atoms with Crippen molar-refractivity contribution in [3.05, 3.63) is 81.7 Å². The minimum atomic E-state index is -0.855.